The Balaban J connectivity index is 1.80. The van der Waals surface area contributed by atoms with E-state index in [-0.39, 0.29) is 11.3 Å². The molecule has 0 radical (unpaired) electrons. The van der Waals surface area contributed by atoms with Crippen molar-refractivity contribution < 1.29 is 14.7 Å². The lowest BCUT2D eigenvalue weighted by atomic mass is 10.2. The van der Waals surface area contributed by atoms with E-state index in [1.54, 1.807) is 23.9 Å². The Bertz CT molecular complexity index is 992. The molecule has 0 atom stereocenters. The van der Waals surface area contributed by atoms with E-state index >= 15 is 0 Å². The van der Waals surface area contributed by atoms with Gasteiger partial charge in [0.2, 0.25) is 0 Å². The number of halogens is 1. The van der Waals surface area contributed by atoms with Crippen LogP contribution in [0.4, 0.5) is 5.82 Å². The zero-order valence-corrected chi connectivity index (χ0v) is 14.9. The summed E-state index contributed by atoms with van der Waals surface area (Å²) in [5.41, 5.74) is 1.39. The zero-order valence-electron chi connectivity index (χ0n) is 14.1. The molecule has 9 heteroatoms. The molecule has 8 nitrogen and oxygen atoms in total. The fraction of sp³-hybridized carbons (Fsp3) is 0.176. The molecule has 3 aromatic rings. The minimum absolute atomic E-state index is 0.0293. The monoisotopic (exact) mass is 373 g/mol. The molecule has 0 aliphatic carbocycles. The summed E-state index contributed by atoms with van der Waals surface area (Å²) in [6, 6.07) is 9.14. The summed E-state index contributed by atoms with van der Waals surface area (Å²) in [5.74, 6) is -1.53. The molecule has 0 unspecified atom stereocenters. The largest absolute Gasteiger partial charge is 0.476 e. The lowest BCUT2D eigenvalue weighted by Gasteiger charge is -2.06. The number of anilines is 1. The van der Waals surface area contributed by atoms with Crippen LogP contribution in [0.3, 0.4) is 0 Å². The van der Waals surface area contributed by atoms with Gasteiger partial charge in [-0.3, -0.25) is 14.2 Å². The van der Waals surface area contributed by atoms with Crippen LogP contribution < -0.4 is 5.32 Å². The second-order valence-corrected chi connectivity index (χ2v) is 6.15. The Morgan fingerprint density at radius 3 is 2.69 bits per heavy atom. The first kappa shape index (κ1) is 17.7. The van der Waals surface area contributed by atoms with Crippen LogP contribution in [0.5, 0.6) is 0 Å². The number of carbonyl (C=O) groups is 2. The quantitative estimate of drug-likeness (QED) is 0.715. The molecule has 0 saturated heterocycles. The van der Waals surface area contributed by atoms with Crippen LogP contribution in [-0.4, -0.2) is 36.5 Å². The van der Waals surface area contributed by atoms with Gasteiger partial charge in [-0.2, -0.15) is 10.2 Å². The molecular weight excluding hydrogens is 358 g/mol. The number of aromatic nitrogens is 4. The van der Waals surface area contributed by atoms with E-state index in [1.165, 1.54) is 10.9 Å². The zero-order chi connectivity index (χ0) is 18.8. The van der Waals surface area contributed by atoms with E-state index in [4.69, 9.17) is 16.7 Å². The standard InChI is InChI=1S/C17H16ClN5O3/c1-10-7-14(20-23(10)8-11-5-3-4-6-13(11)18)19-16(24)12-9-22(2)21-15(12)17(25)26/h3-7,9H,8H2,1-2H3,(H,25,26)(H,19,20,24). The van der Waals surface area contributed by atoms with Crippen molar-refractivity contribution in [2.24, 2.45) is 7.05 Å². The smallest absolute Gasteiger partial charge is 0.357 e. The van der Waals surface area contributed by atoms with E-state index in [0.29, 0.717) is 17.4 Å². The number of nitrogens with zero attached hydrogens (tertiary/aromatic N) is 4. The summed E-state index contributed by atoms with van der Waals surface area (Å²) < 4.78 is 2.98. The van der Waals surface area contributed by atoms with Gasteiger partial charge in [-0.15, -0.1) is 0 Å². The van der Waals surface area contributed by atoms with Crippen molar-refractivity contribution in [1.29, 1.82) is 0 Å². The Hall–Kier alpha value is -3.13. The molecule has 3 rings (SSSR count). The number of hydrogen-bond acceptors (Lipinski definition) is 4. The molecule has 0 saturated carbocycles. The van der Waals surface area contributed by atoms with Gasteiger partial charge in [-0.05, 0) is 18.6 Å². The third-order valence-corrected chi connectivity index (χ3v) is 4.15. The summed E-state index contributed by atoms with van der Waals surface area (Å²) >= 11 is 6.17. The molecule has 26 heavy (non-hydrogen) atoms. The average Bonchev–Trinajstić information content (AvgIpc) is 3.13. The van der Waals surface area contributed by atoms with Gasteiger partial charge in [0.15, 0.2) is 11.5 Å². The number of amides is 1. The number of carbonyl (C=O) groups excluding carboxylic acids is 1. The minimum Gasteiger partial charge on any atom is -0.476 e. The lowest BCUT2D eigenvalue weighted by Crippen LogP contribution is -2.16. The molecule has 2 heterocycles. The summed E-state index contributed by atoms with van der Waals surface area (Å²) in [7, 11) is 1.55. The lowest BCUT2D eigenvalue weighted by molar-refractivity contribution is 0.0685. The number of aryl methyl sites for hydroxylation is 2. The highest BCUT2D eigenvalue weighted by molar-refractivity contribution is 6.31. The molecule has 1 aromatic carbocycles. The molecule has 2 aromatic heterocycles. The van der Waals surface area contributed by atoms with Gasteiger partial charge in [-0.1, -0.05) is 29.8 Å². The first-order chi connectivity index (χ1) is 12.3. The molecular formula is C17H16ClN5O3. The molecule has 1 amide bonds. The minimum atomic E-state index is -1.27. The first-order valence-electron chi connectivity index (χ1n) is 7.71. The Kier molecular flexibility index (Phi) is 4.77. The normalized spacial score (nSPS) is 10.7. The molecule has 0 bridgehead atoms. The maximum Gasteiger partial charge on any atom is 0.357 e. The fourth-order valence-corrected chi connectivity index (χ4v) is 2.71. The predicted octanol–water partition coefficient (Wildman–Crippen LogP) is 2.58. The number of carboxylic acid groups (broad SMARTS) is 1. The maximum atomic E-state index is 12.4. The number of benzene rings is 1. The van der Waals surface area contributed by atoms with Crippen molar-refractivity contribution in [3.05, 3.63) is 64.1 Å². The van der Waals surface area contributed by atoms with Gasteiger partial charge in [-0.25, -0.2) is 4.79 Å². The third-order valence-electron chi connectivity index (χ3n) is 3.78. The number of aromatic carboxylic acids is 1. The maximum absolute atomic E-state index is 12.4. The second kappa shape index (κ2) is 7.01. The predicted molar refractivity (Wildman–Crippen MR) is 95.6 cm³/mol. The van der Waals surface area contributed by atoms with E-state index in [0.717, 1.165) is 11.3 Å². The summed E-state index contributed by atoms with van der Waals surface area (Å²) in [5, 5.41) is 20.5. The van der Waals surface area contributed by atoms with Crippen LogP contribution >= 0.6 is 11.6 Å². The molecule has 134 valence electrons. The number of carboxylic acids is 1. The van der Waals surface area contributed by atoms with Crippen molar-refractivity contribution in [3.63, 3.8) is 0 Å². The van der Waals surface area contributed by atoms with Crippen LogP contribution in [0.15, 0.2) is 36.5 Å². The van der Waals surface area contributed by atoms with Crippen molar-refractivity contribution in [1.82, 2.24) is 19.6 Å². The SMILES string of the molecule is Cc1cc(NC(=O)c2cn(C)nc2C(=O)O)nn1Cc1ccccc1Cl. The van der Waals surface area contributed by atoms with Crippen LogP contribution in [0.25, 0.3) is 0 Å². The Morgan fingerprint density at radius 1 is 1.27 bits per heavy atom. The van der Waals surface area contributed by atoms with Gasteiger partial charge < -0.3 is 10.4 Å². The molecule has 0 fully saturated rings. The molecule has 2 N–H and O–H groups in total. The Labute approximate surface area is 154 Å². The van der Waals surface area contributed by atoms with Crippen LogP contribution in [-0.2, 0) is 13.6 Å². The van der Waals surface area contributed by atoms with E-state index in [1.807, 2.05) is 25.1 Å². The Morgan fingerprint density at radius 2 is 2.00 bits per heavy atom. The van der Waals surface area contributed by atoms with Crippen LogP contribution in [0, 0.1) is 6.92 Å². The highest BCUT2D eigenvalue weighted by Gasteiger charge is 2.21. The molecule has 0 spiro atoms. The van der Waals surface area contributed by atoms with Crippen molar-refractivity contribution >= 4 is 29.3 Å². The molecule has 0 aliphatic rings. The summed E-state index contributed by atoms with van der Waals surface area (Å²) in [6.45, 7) is 2.31. The number of hydrogen-bond donors (Lipinski definition) is 2. The van der Waals surface area contributed by atoms with Crippen LogP contribution in [0.1, 0.15) is 32.1 Å². The van der Waals surface area contributed by atoms with Crippen molar-refractivity contribution in [2.45, 2.75) is 13.5 Å². The van der Waals surface area contributed by atoms with E-state index in [2.05, 4.69) is 15.5 Å². The fourth-order valence-electron chi connectivity index (χ4n) is 2.52. The van der Waals surface area contributed by atoms with Crippen molar-refractivity contribution in [3.8, 4) is 0 Å². The van der Waals surface area contributed by atoms with Gasteiger partial charge in [0.25, 0.3) is 5.91 Å². The number of rotatable bonds is 5. The van der Waals surface area contributed by atoms with Gasteiger partial charge in [0, 0.05) is 30.0 Å². The summed E-state index contributed by atoms with van der Waals surface area (Å²) in [4.78, 5) is 23.6. The van der Waals surface area contributed by atoms with E-state index in [9.17, 15) is 9.59 Å². The average molecular weight is 374 g/mol. The highest BCUT2D eigenvalue weighted by Crippen LogP contribution is 2.18. The van der Waals surface area contributed by atoms with Crippen LogP contribution in [0.2, 0.25) is 5.02 Å². The first-order valence-corrected chi connectivity index (χ1v) is 8.09. The van der Waals surface area contributed by atoms with Gasteiger partial charge >= 0.3 is 5.97 Å². The second-order valence-electron chi connectivity index (χ2n) is 5.74. The van der Waals surface area contributed by atoms with Gasteiger partial charge in [0.05, 0.1) is 12.1 Å². The van der Waals surface area contributed by atoms with E-state index < -0.39 is 11.9 Å². The highest BCUT2D eigenvalue weighted by atomic mass is 35.5. The third kappa shape index (κ3) is 3.60. The topological polar surface area (TPSA) is 102 Å². The van der Waals surface area contributed by atoms with Gasteiger partial charge in [0.1, 0.15) is 0 Å². The molecule has 0 aliphatic heterocycles. The number of nitrogens with one attached hydrogen (secondary N) is 1. The summed E-state index contributed by atoms with van der Waals surface area (Å²) in [6.07, 6.45) is 1.35. The van der Waals surface area contributed by atoms with Crippen molar-refractivity contribution in [2.75, 3.05) is 5.32 Å².